The Kier molecular flexibility index (Phi) is 7.59. The van der Waals surface area contributed by atoms with Gasteiger partial charge in [-0.25, -0.2) is 0 Å². The minimum Gasteiger partial charge on any atom is -0.497 e. The summed E-state index contributed by atoms with van der Waals surface area (Å²) < 4.78 is 16.9. The van der Waals surface area contributed by atoms with E-state index >= 15 is 0 Å². The molecule has 3 aromatic carbocycles. The van der Waals surface area contributed by atoms with Gasteiger partial charge in [0.15, 0.2) is 18.1 Å². The molecule has 12 heteroatoms. The monoisotopic (exact) mass is 683 g/mol. The molecule has 2 saturated carbocycles. The fraction of sp³-hybridized carbons (Fsp3) is 0.333. The summed E-state index contributed by atoms with van der Waals surface area (Å²) in [4.78, 5) is 58.5. The van der Waals surface area contributed by atoms with E-state index in [2.05, 4.69) is 10.3 Å². The van der Waals surface area contributed by atoms with Crippen LogP contribution in [0, 0.1) is 36.5 Å². The summed E-state index contributed by atoms with van der Waals surface area (Å²) in [5, 5.41) is 3.72. The summed E-state index contributed by atoms with van der Waals surface area (Å²) in [6.07, 6.45) is 0.787. The van der Waals surface area contributed by atoms with Crippen molar-refractivity contribution in [1.82, 2.24) is 4.98 Å². The number of amides is 3. The number of aromatic nitrogens is 1. The van der Waals surface area contributed by atoms with Crippen LogP contribution in [0.5, 0.6) is 17.2 Å². The van der Waals surface area contributed by atoms with Crippen molar-refractivity contribution in [1.29, 1.82) is 0 Å². The molecular weight excluding hydrogens is 651 g/mol. The number of nitrogens with zero attached hydrogens (tertiary/aromatic N) is 1. The SMILES string of the molecule is COc1ccc(N2C(=O)[C@H]3[C@H]4C[C@@H]([C@@H]3C2=O)[C@@H]2[C@H](c3ccc(OCC(=O)Nc5ccc(C)cc5)c(OC)c3)c3sc(=O)[nH]c3S[C@H]42)cc1. The second kappa shape index (κ2) is 11.9. The minimum atomic E-state index is -0.414. The number of fused-ring (bicyclic) bond motifs is 9. The summed E-state index contributed by atoms with van der Waals surface area (Å²) in [7, 11) is 3.13. The van der Waals surface area contributed by atoms with Gasteiger partial charge in [0.1, 0.15) is 5.75 Å². The third-order valence-electron chi connectivity index (χ3n) is 10.3. The normalized spacial score (nSPS) is 26.6. The standard InChI is InChI=1S/C36H33N3O7S2/c1-17-4-7-19(8-5-17)37-26(40)16-46-24-13-6-18(14-25(24)45-3)27-28-22-15-23(31(28)47-33-32(27)48-36(43)38-33)30-29(22)34(41)39(35(30)42)20-9-11-21(44-2)12-10-20/h4-14,22-23,27-31H,15-16H2,1-3H3,(H,37,40)(H,38,43)/t22-,23-,27+,28-,29+,30+,31-/m1/s1. The molecule has 4 aromatic rings. The Morgan fingerprint density at radius 2 is 1.65 bits per heavy atom. The summed E-state index contributed by atoms with van der Waals surface area (Å²) in [6.45, 7) is 1.78. The van der Waals surface area contributed by atoms with Crippen LogP contribution in [0.4, 0.5) is 11.4 Å². The van der Waals surface area contributed by atoms with Crippen LogP contribution in [0.1, 0.15) is 28.3 Å². The third-order valence-corrected chi connectivity index (χ3v) is 12.9. The minimum absolute atomic E-state index is 0.00490. The van der Waals surface area contributed by atoms with Crippen LogP contribution in [0.15, 0.2) is 76.6 Å². The zero-order valence-corrected chi connectivity index (χ0v) is 28.1. The molecule has 0 spiro atoms. The zero-order chi connectivity index (χ0) is 33.3. The number of hydrogen-bond acceptors (Lipinski definition) is 9. The van der Waals surface area contributed by atoms with Gasteiger partial charge in [-0.3, -0.25) is 24.1 Å². The van der Waals surface area contributed by atoms with E-state index < -0.39 is 5.92 Å². The summed E-state index contributed by atoms with van der Waals surface area (Å²) in [5.74, 6) is -0.0223. The number of carbonyl (C=O) groups is 3. The lowest BCUT2D eigenvalue weighted by molar-refractivity contribution is -0.123. The van der Waals surface area contributed by atoms with Gasteiger partial charge < -0.3 is 24.5 Å². The Labute approximate surface area is 284 Å². The fourth-order valence-corrected chi connectivity index (χ4v) is 11.2. The molecule has 4 aliphatic rings. The second-order valence-corrected chi connectivity index (χ2v) is 15.0. The third kappa shape index (κ3) is 4.92. The molecule has 2 aliphatic heterocycles. The van der Waals surface area contributed by atoms with Gasteiger partial charge in [-0.1, -0.05) is 35.1 Å². The van der Waals surface area contributed by atoms with E-state index in [1.54, 1.807) is 56.3 Å². The van der Waals surface area contributed by atoms with Gasteiger partial charge in [-0.15, -0.1) is 11.8 Å². The number of aryl methyl sites for hydroxylation is 1. The molecular formula is C36H33N3O7S2. The lowest BCUT2D eigenvalue weighted by Gasteiger charge is -2.43. The highest BCUT2D eigenvalue weighted by Gasteiger charge is 2.69. The van der Waals surface area contributed by atoms with Crippen LogP contribution in [0.25, 0.3) is 0 Å². The van der Waals surface area contributed by atoms with Crippen molar-refractivity contribution in [3.63, 3.8) is 0 Å². The maximum Gasteiger partial charge on any atom is 0.305 e. The molecule has 1 saturated heterocycles. The predicted molar refractivity (Wildman–Crippen MR) is 182 cm³/mol. The average molecular weight is 684 g/mol. The Morgan fingerprint density at radius 1 is 0.917 bits per heavy atom. The average Bonchev–Trinajstić information content (AvgIpc) is 3.83. The summed E-state index contributed by atoms with van der Waals surface area (Å²) in [6, 6.07) is 20.2. The highest BCUT2D eigenvalue weighted by Crippen LogP contribution is 2.68. The van der Waals surface area contributed by atoms with Crippen LogP contribution in [0.3, 0.4) is 0 Å². The molecule has 7 atom stereocenters. The number of nitrogens with one attached hydrogen (secondary N) is 2. The highest BCUT2D eigenvalue weighted by atomic mass is 32.2. The molecule has 0 unspecified atom stereocenters. The lowest BCUT2D eigenvalue weighted by atomic mass is 9.68. The number of carbonyl (C=O) groups excluding carboxylic acids is 3. The van der Waals surface area contributed by atoms with Crippen molar-refractivity contribution in [2.24, 2.45) is 29.6 Å². The molecule has 2 aliphatic carbocycles. The zero-order valence-electron chi connectivity index (χ0n) is 26.4. The number of hydrogen-bond donors (Lipinski definition) is 2. The molecule has 3 amide bonds. The lowest BCUT2D eigenvalue weighted by Crippen LogP contribution is -2.42. The Bertz CT molecular complexity index is 1990. The van der Waals surface area contributed by atoms with Crippen molar-refractivity contribution in [2.75, 3.05) is 31.0 Å². The van der Waals surface area contributed by atoms with Crippen LogP contribution in [0.2, 0.25) is 0 Å². The van der Waals surface area contributed by atoms with E-state index in [0.717, 1.165) is 27.5 Å². The van der Waals surface area contributed by atoms with Gasteiger partial charge in [0, 0.05) is 21.7 Å². The number of anilines is 2. The van der Waals surface area contributed by atoms with Gasteiger partial charge in [-0.05, 0) is 85.2 Å². The molecule has 48 heavy (non-hydrogen) atoms. The van der Waals surface area contributed by atoms with E-state index in [0.29, 0.717) is 28.6 Å². The molecule has 3 fully saturated rings. The fourth-order valence-electron chi connectivity index (χ4n) is 8.35. The number of imide groups is 1. The smallest absolute Gasteiger partial charge is 0.305 e. The topological polar surface area (TPSA) is 127 Å². The van der Waals surface area contributed by atoms with E-state index in [-0.39, 0.29) is 64.0 Å². The van der Waals surface area contributed by atoms with E-state index in [9.17, 15) is 19.2 Å². The molecule has 1 aromatic heterocycles. The maximum absolute atomic E-state index is 14.1. The Balaban J connectivity index is 1.08. The molecule has 3 heterocycles. The van der Waals surface area contributed by atoms with Crippen molar-refractivity contribution < 1.29 is 28.6 Å². The van der Waals surface area contributed by atoms with Gasteiger partial charge in [0.05, 0.1) is 36.8 Å². The first-order valence-electron chi connectivity index (χ1n) is 15.8. The highest BCUT2D eigenvalue weighted by molar-refractivity contribution is 8.00. The first kappa shape index (κ1) is 30.8. The van der Waals surface area contributed by atoms with Crippen molar-refractivity contribution in [3.05, 3.63) is 92.4 Å². The Morgan fingerprint density at radius 3 is 2.35 bits per heavy atom. The predicted octanol–water partition coefficient (Wildman–Crippen LogP) is 5.46. The molecule has 2 bridgehead atoms. The molecule has 2 N–H and O–H groups in total. The number of thiazole rings is 1. The van der Waals surface area contributed by atoms with E-state index in [1.807, 2.05) is 43.3 Å². The van der Waals surface area contributed by atoms with Crippen molar-refractivity contribution in [2.45, 2.75) is 29.5 Å². The van der Waals surface area contributed by atoms with Gasteiger partial charge >= 0.3 is 4.87 Å². The largest absolute Gasteiger partial charge is 0.497 e. The van der Waals surface area contributed by atoms with Crippen LogP contribution in [-0.4, -0.2) is 48.8 Å². The van der Waals surface area contributed by atoms with Crippen LogP contribution >= 0.6 is 23.1 Å². The molecule has 246 valence electrons. The number of benzene rings is 3. The molecule has 8 rings (SSSR count). The van der Waals surface area contributed by atoms with E-state index in [1.165, 1.54) is 16.2 Å². The number of methoxy groups -OCH3 is 2. The number of thioether (sulfide) groups is 1. The molecule has 0 radical (unpaired) electrons. The van der Waals surface area contributed by atoms with Gasteiger partial charge in [0.25, 0.3) is 5.91 Å². The number of aromatic amines is 1. The number of ether oxygens (including phenoxy) is 3. The van der Waals surface area contributed by atoms with Gasteiger partial charge in [-0.2, -0.15) is 0 Å². The first-order chi connectivity index (χ1) is 23.2. The number of rotatable bonds is 8. The maximum atomic E-state index is 14.1. The second-order valence-electron chi connectivity index (χ2n) is 12.8. The van der Waals surface area contributed by atoms with Crippen molar-refractivity contribution in [3.8, 4) is 17.2 Å². The summed E-state index contributed by atoms with van der Waals surface area (Å²) in [5.41, 5.74) is 3.27. The first-order valence-corrected chi connectivity index (χ1v) is 17.5. The summed E-state index contributed by atoms with van der Waals surface area (Å²) >= 11 is 2.85. The quantitative estimate of drug-likeness (QED) is 0.235. The van der Waals surface area contributed by atoms with Crippen molar-refractivity contribution >= 4 is 52.2 Å². The van der Waals surface area contributed by atoms with Gasteiger partial charge in [0.2, 0.25) is 11.8 Å². The molecule has 10 nitrogen and oxygen atoms in total. The van der Waals surface area contributed by atoms with Crippen LogP contribution < -0.4 is 29.3 Å². The Hall–Kier alpha value is -4.55. The van der Waals surface area contributed by atoms with Crippen LogP contribution in [-0.2, 0) is 14.4 Å². The number of H-pyrrole nitrogens is 1. The van der Waals surface area contributed by atoms with E-state index in [4.69, 9.17) is 14.2 Å².